The van der Waals surface area contributed by atoms with Gasteiger partial charge in [0.1, 0.15) is 11.5 Å². The van der Waals surface area contributed by atoms with Crippen molar-refractivity contribution in [2.45, 2.75) is 6.04 Å². The molecule has 100 valence electrons. The van der Waals surface area contributed by atoms with Crippen LogP contribution in [0.15, 0.2) is 54.6 Å². The normalized spacial score (nSPS) is 12.1. The molecule has 1 atom stereocenters. The molecule has 2 aromatic carbocycles. The summed E-state index contributed by atoms with van der Waals surface area (Å²) in [5.41, 5.74) is 1.18. The van der Waals surface area contributed by atoms with Crippen molar-refractivity contribution in [2.75, 3.05) is 20.8 Å². The van der Waals surface area contributed by atoms with E-state index in [0.717, 1.165) is 11.5 Å². The van der Waals surface area contributed by atoms with Crippen LogP contribution in [0.1, 0.15) is 11.6 Å². The van der Waals surface area contributed by atoms with Gasteiger partial charge in [-0.1, -0.05) is 30.3 Å². The van der Waals surface area contributed by atoms with Gasteiger partial charge in [0.15, 0.2) is 0 Å². The minimum Gasteiger partial charge on any atom is -0.457 e. The van der Waals surface area contributed by atoms with Gasteiger partial charge in [-0.3, -0.25) is 0 Å². The van der Waals surface area contributed by atoms with E-state index in [1.165, 1.54) is 5.56 Å². The summed E-state index contributed by atoms with van der Waals surface area (Å²) in [5.74, 6) is 1.68. The third kappa shape index (κ3) is 3.81. The standard InChI is InChI=1S/C16H19NO2/c1-17-16(12-18-2)13-8-10-15(11-9-13)19-14-6-4-3-5-7-14/h3-11,16-17H,12H2,1-2H3. The van der Waals surface area contributed by atoms with Crippen molar-refractivity contribution < 1.29 is 9.47 Å². The Balaban J connectivity index is 2.06. The average Bonchev–Trinajstić information content (AvgIpc) is 2.47. The van der Waals surface area contributed by atoms with E-state index in [1.807, 2.05) is 49.5 Å². The van der Waals surface area contributed by atoms with Crippen molar-refractivity contribution in [1.82, 2.24) is 5.32 Å². The molecule has 0 amide bonds. The molecule has 0 fully saturated rings. The van der Waals surface area contributed by atoms with Crippen molar-refractivity contribution in [3.05, 3.63) is 60.2 Å². The molecule has 0 radical (unpaired) electrons. The molecule has 0 spiro atoms. The number of hydrogen-bond donors (Lipinski definition) is 1. The third-order valence-corrected chi connectivity index (χ3v) is 2.94. The molecular formula is C16H19NO2. The van der Waals surface area contributed by atoms with E-state index < -0.39 is 0 Å². The van der Waals surface area contributed by atoms with Crippen LogP contribution in [0.3, 0.4) is 0 Å². The Labute approximate surface area is 114 Å². The first kappa shape index (κ1) is 13.6. The van der Waals surface area contributed by atoms with Crippen molar-refractivity contribution in [3.8, 4) is 11.5 Å². The second-order valence-corrected chi connectivity index (χ2v) is 4.28. The fourth-order valence-electron chi connectivity index (χ4n) is 1.91. The number of hydrogen-bond acceptors (Lipinski definition) is 3. The van der Waals surface area contributed by atoms with Crippen LogP contribution in [0.25, 0.3) is 0 Å². The van der Waals surface area contributed by atoms with E-state index in [-0.39, 0.29) is 6.04 Å². The van der Waals surface area contributed by atoms with E-state index in [9.17, 15) is 0 Å². The van der Waals surface area contributed by atoms with Gasteiger partial charge in [-0.2, -0.15) is 0 Å². The van der Waals surface area contributed by atoms with E-state index >= 15 is 0 Å². The topological polar surface area (TPSA) is 30.5 Å². The Morgan fingerprint density at radius 1 is 0.947 bits per heavy atom. The summed E-state index contributed by atoms with van der Waals surface area (Å²) in [4.78, 5) is 0. The minimum absolute atomic E-state index is 0.204. The molecule has 0 aromatic heterocycles. The van der Waals surface area contributed by atoms with Gasteiger partial charge in [0, 0.05) is 7.11 Å². The molecule has 2 rings (SSSR count). The van der Waals surface area contributed by atoms with Gasteiger partial charge in [-0.15, -0.1) is 0 Å². The molecule has 0 saturated carbocycles. The summed E-state index contributed by atoms with van der Waals surface area (Å²) < 4.78 is 10.9. The van der Waals surface area contributed by atoms with Gasteiger partial charge in [-0.05, 0) is 36.9 Å². The van der Waals surface area contributed by atoms with Crippen molar-refractivity contribution >= 4 is 0 Å². The van der Waals surface area contributed by atoms with Crippen LogP contribution in [0, 0.1) is 0 Å². The quantitative estimate of drug-likeness (QED) is 0.860. The number of ether oxygens (including phenoxy) is 2. The summed E-state index contributed by atoms with van der Waals surface area (Å²) >= 11 is 0. The molecule has 2 aromatic rings. The number of para-hydroxylation sites is 1. The fourth-order valence-corrected chi connectivity index (χ4v) is 1.91. The van der Waals surface area contributed by atoms with Gasteiger partial charge in [-0.25, -0.2) is 0 Å². The molecule has 0 bridgehead atoms. The second kappa shape index (κ2) is 6.92. The number of methoxy groups -OCH3 is 1. The monoisotopic (exact) mass is 257 g/mol. The lowest BCUT2D eigenvalue weighted by atomic mass is 10.1. The molecule has 1 unspecified atom stereocenters. The van der Waals surface area contributed by atoms with Crippen LogP contribution in [-0.2, 0) is 4.74 Å². The van der Waals surface area contributed by atoms with Crippen molar-refractivity contribution in [1.29, 1.82) is 0 Å². The summed E-state index contributed by atoms with van der Waals surface area (Å²) in [6.45, 7) is 0.648. The first-order chi connectivity index (χ1) is 9.33. The van der Waals surface area contributed by atoms with Crippen LogP contribution < -0.4 is 10.1 Å². The van der Waals surface area contributed by atoms with Crippen molar-refractivity contribution in [3.63, 3.8) is 0 Å². The third-order valence-electron chi connectivity index (χ3n) is 2.94. The number of rotatable bonds is 6. The van der Waals surface area contributed by atoms with Gasteiger partial charge in [0.05, 0.1) is 12.6 Å². The van der Waals surface area contributed by atoms with Gasteiger partial charge in [0.25, 0.3) is 0 Å². The summed E-state index contributed by atoms with van der Waals surface area (Å²) in [7, 11) is 3.63. The van der Waals surface area contributed by atoms with Crippen molar-refractivity contribution in [2.24, 2.45) is 0 Å². The molecule has 0 heterocycles. The summed E-state index contributed by atoms with van der Waals surface area (Å²) in [5, 5.41) is 3.22. The van der Waals surface area contributed by atoms with Crippen LogP contribution in [0.4, 0.5) is 0 Å². The Bertz CT molecular complexity index is 482. The Hall–Kier alpha value is -1.84. The number of nitrogens with one attached hydrogen (secondary N) is 1. The van der Waals surface area contributed by atoms with E-state index in [1.54, 1.807) is 7.11 Å². The molecule has 19 heavy (non-hydrogen) atoms. The molecular weight excluding hydrogens is 238 g/mol. The van der Waals surface area contributed by atoms with Gasteiger partial charge < -0.3 is 14.8 Å². The lowest BCUT2D eigenvalue weighted by molar-refractivity contribution is 0.170. The van der Waals surface area contributed by atoms with Gasteiger partial charge >= 0.3 is 0 Å². The molecule has 0 aliphatic heterocycles. The molecule has 0 aliphatic carbocycles. The predicted molar refractivity (Wildman–Crippen MR) is 76.6 cm³/mol. The highest BCUT2D eigenvalue weighted by molar-refractivity contribution is 5.33. The maximum atomic E-state index is 5.76. The lowest BCUT2D eigenvalue weighted by Gasteiger charge is -2.16. The molecule has 3 nitrogen and oxygen atoms in total. The smallest absolute Gasteiger partial charge is 0.127 e. The highest BCUT2D eigenvalue weighted by Gasteiger charge is 2.08. The summed E-state index contributed by atoms with van der Waals surface area (Å²) in [6.07, 6.45) is 0. The zero-order valence-electron chi connectivity index (χ0n) is 11.3. The van der Waals surface area contributed by atoms with Crippen LogP contribution >= 0.6 is 0 Å². The largest absolute Gasteiger partial charge is 0.457 e. The molecule has 0 saturated heterocycles. The number of likely N-dealkylation sites (N-methyl/N-ethyl adjacent to an activating group) is 1. The second-order valence-electron chi connectivity index (χ2n) is 4.28. The SMILES string of the molecule is CNC(COC)c1ccc(Oc2ccccc2)cc1. The van der Waals surface area contributed by atoms with E-state index in [0.29, 0.717) is 6.61 Å². The molecule has 3 heteroatoms. The van der Waals surface area contributed by atoms with Crippen LogP contribution in [-0.4, -0.2) is 20.8 Å². The average molecular weight is 257 g/mol. The van der Waals surface area contributed by atoms with Crippen LogP contribution in [0.2, 0.25) is 0 Å². The van der Waals surface area contributed by atoms with Gasteiger partial charge in [0.2, 0.25) is 0 Å². The Morgan fingerprint density at radius 3 is 2.16 bits per heavy atom. The Morgan fingerprint density at radius 2 is 1.58 bits per heavy atom. The zero-order valence-corrected chi connectivity index (χ0v) is 11.3. The predicted octanol–water partition coefficient (Wildman–Crippen LogP) is 3.39. The highest BCUT2D eigenvalue weighted by atomic mass is 16.5. The first-order valence-electron chi connectivity index (χ1n) is 6.32. The molecule has 0 aliphatic rings. The summed E-state index contributed by atoms with van der Waals surface area (Å²) in [6, 6.07) is 18.0. The highest BCUT2D eigenvalue weighted by Crippen LogP contribution is 2.23. The van der Waals surface area contributed by atoms with E-state index in [4.69, 9.17) is 9.47 Å². The number of benzene rings is 2. The minimum atomic E-state index is 0.204. The fraction of sp³-hybridized carbons (Fsp3) is 0.250. The lowest BCUT2D eigenvalue weighted by Crippen LogP contribution is -2.20. The van der Waals surface area contributed by atoms with Crippen LogP contribution in [0.5, 0.6) is 11.5 Å². The maximum Gasteiger partial charge on any atom is 0.127 e. The maximum absolute atomic E-state index is 5.76. The molecule has 1 N–H and O–H groups in total. The zero-order chi connectivity index (χ0) is 13.5. The Kier molecular flexibility index (Phi) is 4.95. The van der Waals surface area contributed by atoms with E-state index in [2.05, 4.69) is 17.4 Å². The first-order valence-corrected chi connectivity index (χ1v) is 6.32.